The van der Waals surface area contributed by atoms with Crippen molar-refractivity contribution < 1.29 is 24.8 Å². The van der Waals surface area contributed by atoms with Crippen LogP contribution in [0.3, 0.4) is 0 Å². The van der Waals surface area contributed by atoms with Gasteiger partial charge in [0.25, 0.3) is 0 Å². The van der Waals surface area contributed by atoms with Crippen molar-refractivity contribution in [2.45, 2.75) is 0 Å². The van der Waals surface area contributed by atoms with E-state index in [1.54, 1.807) is 18.2 Å². The molecular formula is C82H66ClFN2P4Pd. The summed E-state index contributed by atoms with van der Waals surface area (Å²) in [7, 11) is -1.78. The fourth-order valence-electron chi connectivity index (χ4n) is 9.86. The van der Waals surface area contributed by atoms with Gasteiger partial charge in [0.15, 0.2) is 0 Å². The Morgan fingerprint density at radius 2 is 0.352 bits per heavy atom. The van der Waals surface area contributed by atoms with Crippen molar-refractivity contribution in [3.8, 4) is 11.1 Å². The molecule has 0 fully saturated rings. The summed E-state index contributed by atoms with van der Waals surface area (Å²) < 4.78 is 13.3. The van der Waals surface area contributed by atoms with E-state index in [0.717, 1.165) is 0 Å². The van der Waals surface area contributed by atoms with Crippen LogP contribution in [0.2, 0.25) is 5.28 Å². The van der Waals surface area contributed by atoms with Gasteiger partial charge < -0.3 is 0 Å². The van der Waals surface area contributed by atoms with Crippen molar-refractivity contribution in [2.75, 3.05) is 0 Å². The van der Waals surface area contributed by atoms with Crippen molar-refractivity contribution >= 4 is 107 Å². The summed E-state index contributed by atoms with van der Waals surface area (Å²) in [5.74, 6) is -0.293. The van der Waals surface area contributed by atoms with Crippen LogP contribution in [-0.4, -0.2) is 9.97 Å². The topological polar surface area (TPSA) is 25.8 Å². The van der Waals surface area contributed by atoms with Crippen LogP contribution in [0.15, 0.2) is 401 Å². The molecule has 13 aromatic carbocycles. The maximum Gasteiger partial charge on any atom is 0.222 e. The number of aromatic nitrogens is 2. The minimum Gasteiger partial charge on any atom is -0.226 e. The number of benzene rings is 13. The van der Waals surface area contributed by atoms with Gasteiger partial charge in [-0.05, 0) is 113 Å². The van der Waals surface area contributed by atoms with Gasteiger partial charge >= 0.3 is 0 Å². The van der Waals surface area contributed by atoms with E-state index in [0.29, 0.717) is 11.1 Å². The maximum absolute atomic E-state index is 13.3. The van der Waals surface area contributed by atoms with Crippen LogP contribution >= 0.6 is 43.3 Å². The van der Waals surface area contributed by atoms with E-state index in [9.17, 15) is 4.39 Å². The van der Waals surface area contributed by atoms with Crippen LogP contribution in [0.1, 0.15) is 0 Å². The molecule has 0 radical (unpaired) electrons. The van der Waals surface area contributed by atoms with E-state index in [-0.39, 0.29) is 31.5 Å². The number of hydrogen-bond donors (Lipinski definition) is 0. The third kappa shape index (κ3) is 20.0. The number of nitrogens with zero attached hydrogens (tertiary/aromatic N) is 2. The Morgan fingerprint density at radius 3 is 0.505 bits per heavy atom. The summed E-state index contributed by atoms with van der Waals surface area (Å²) in [5.41, 5.74) is 1.09. The summed E-state index contributed by atoms with van der Waals surface area (Å²) in [6.07, 6.45) is 2.99. The Balaban J connectivity index is 0.000000135. The molecule has 1 heterocycles. The summed E-state index contributed by atoms with van der Waals surface area (Å²) in [4.78, 5) is 7.57. The van der Waals surface area contributed by atoms with Crippen LogP contribution in [0.5, 0.6) is 0 Å². The van der Waals surface area contributed by atoms with Crippen molar-refractivity contribution in [3.63, 3.8) is 0 Å². The molecule has 0 saturated heterocycles. The van der Waals surface area contributed by atoms with Crippen LogP contribution in [0.25, 0.3) is 11.1 Å². The maximum atomic E-state index is 13.3. The second-order valence-electron chi connectivity index (χ2n) is 20.1. The average molecular weight is 1360 g/mol. The van der Waals surface area contributed by atoms with Crippen LogP contribution in [-0.2, 0) is 20.4 Å². The quantitative estimate of drug-likeness (QED) is 0.0653. The first-order valence-electron chi connectivity index (χ1n) is 29.6. The molecule has 1 aromatic heterocycles. The summed E-state index contributed by atoms with van der Waals surface area (Å²) >= 11 is 5.52. The van der Waals surface area contributed by atoms with Gasteiger partial charge in [0, 0.05) is 43.9 Å². The van der Waals surface area contributed by atoms with E-state index >= 15 is 0 Å². The van der Waals surface area contributed by atoms with Crippen LogP contribution in [0, 0.1) is 5.82 Å². The minimum atomic E-state index is -0.446. The zero-order valence-corrected chi connectivity index (χ0v) is 55.7. The molecule has 91 heavy (non-hydrogen) atoms. The normalized spacial score (nSPS) is 10.4. The summed E-state index contributed by atoms with van der Waals surface area (Å²) in [6, 6.07) is 136. The molecule has 0 bridgehead atoms. The van der Waals surface area contributed by atoms with Gasteiger partial charge in [-0.15, -0.1) is 0 Å². The predicted octanol–water partition coefficient (Wildman–Crippen LogP) is 16.7. The third-order valence-electron chi connectivity index (χ3n) is 14.0. The monoisotopic (exact) mass is 1360 g/mol. The third-order valence-corrected chi connectivity index (χ3v) is 23.9. The van der Waals surface area contributed by atoms with Gasteiger partial charge in [0.1, 0.15) is 5.82 Å². The molecule has 0 N–H and O–H groups in total. The van der Waals surface area contributed by atoms with Gasteiger partial charge in [-0.25, -0.2) is 14.4 Å². The molecule has 0 aliphatic carbocycles. The second-order valence-corrected chi connectivity index (χ2v) is 29.3. The fraction of sp³-hybridized carbons (Fsp3) is 0. The van der Waals surface area contributed by atoms with E-state index in [1.807, 2.05) is 0 Å². The Kier molecular flexibility index (Phi) is 27.2. The molecule has 0 aliphatic heterocycles. The molecule has 2 nitrogen and oxygen atoms in total. The molecule has 448 valence electrons. The van der Waals surface area contributed by atoms with E-state index in [1.165, 1.54) is 82.1 Å². The Labute approximate surface area is 560 Å². The average Bonchev–Trinajstić information content (AvgIpc) is 2.07. The Morgan fingerprint density at radius 1 is 0.209 bits per heavy atom. The zero-order valence-electron chi connectivity index (χ0n) is 49.9. The van der Waals surface area contributed by atoms with Crippen LogP contribution in [0.4, 0.5) is 4.39 Å². The predicted molar refractivity (Wildman–Crippen MR) is 393 cm³/mol. The molecule has 0 atom stereocenters. The molecule has 0 saturated carbocycles. The first kappa shape index (κ1) is 66.9. The molecule has 14 aromatic rings. The summed E-state index contributed by atoms with van der Waals surface area (Å²) in [5, 5.41) is 16.9. The molecule has 0 aliphatic rings. The van der Waals surface area contributed by atoms with E-state index in [2.05, 4.69) is 374 Å². The molecular weight excluding hydrogens is 1300 g/mol. The van der Waals surface area contributed by atoms with Gasteiger partial charge in [-0.2, -0.15) is 0 Å². The van der Waals surface area contributed by atoms with Gasteiger partial charge in [-0.1, -0.05) is 382 Å². The smallest absolute Gasteiger partial charge is 0.222 e. The fourth-order valence-corrected chi connectivity index (χ4v) is 19.2. The molecule has 0 amide bonds. The first-order chi connectivity index (χ1) is 44.6. The number of halogens is 2. The molecule has 14 rings (SSSR count). The largest absolute Gasteiger partial charge is 0.226 e. The van der Waals surface area contributed by atoms with E-state index < -0.39 is 31.7 Å². The van der Waals surface area contributed by atoms with Crippen molar-refractivity contribution in [2.24, 2.45) is 0 Å². The van der Waals surface area contributed by atoms with Crippen molar-refractivity contribution in [3.05, 3.63) is 412 Å². The SMILES string of the molecule is Fc1ccccc1-c1cnc(Cl)nc1.[Pd].c1ccc(P(c2ccccc2)c2ccccc2)cc1.c1ccc(P(c2ccccc2)c2ccccc2)cc1.c1ccc(P(c2ccccc2)c2ccccc2)cc1.c1ccc(P(c2ccccc2)c2ccccc2)cc1. The number of rotatable bonds is 13. The first-order valence-corrected chi connectivity index (χ1v) is 35.4. The van der Waals surface area contributed by atoms with Gasteiger partial charge in [-0.3, -0.25) is 0 Å². The van der Waals surface area contributed by atoms with Crippen molar-refractivity contribution in [1.82, 2.24) is 9.97 Å². The van der Waals surface area contributed by atoms with Crippen LogP contribution < -0.4 is 63.7 Å². The number of hydrogen-bond acceptors (Lipinski definition) is 2. The summed E-state index contributed by atoms with van der Waals surface area (Å²) in [6.45, 7) is 0. The Bertz CT molecular complexity index is 3380. The molecule has 0 spiro atoms. The van der Waals surface area contributed by atoms with Gasteiger partial charge in [0.2, 0.25) is 5.28 Å². The van der Waals surface area contributed by atoms with E-state index in [4.69, 9.17) is 11.6 Å². The Hall–Kier alpha value is -8.46. The molecule has 0 unspecified atom stereocenters. The second kappa shape index (κ2) is 37.0. The van der Waals surface area contributed by atoms with Crippen molar-refractivity contribution in [1.29, 1.82) is 0 Å². The van der Waals surface area contributed by atoms with Gasteiger partial charge in [0.05, 0.1) is 0 Å². The molecule has 9 heteroatoms. The standard InChI is InChI=1S/4C18H15P.C10H6ClFN2.Pd/c4*1-4-10-16(11-5-1)19(17-12-6-2-7-13-17)18-14-8-3-9-15-18;11-10-13-5-7(6-14-10)8-3-1-2-4-9(8)12;/h4*1-15H;1-6H;. The zero-order chi connectivity index (χ0) is 61.6. The minimum absolute atomic E-state index is 0.